The summed E-state index contributed by atoms with van der Waals surface area (Å²) in [5.41, 5.74) is 2.53. The van der Waals surface area contributed by atoms with E-state index in [2.05, 4.69) is 17.4 Å². The lowest BCUT2D eigenvalue weighted by molar-refractivity contribution is 0.383. The fraction of sp³-hybridized carbons (Fsp3) is 0.400. The number of hydrogen-bond acceptors (Lipinski definition) is 1. The first-order chi connectivity index (χ1) is 5.77. The van der Waals surface area contributed by atoms with Crippen LogP contribution in [0.4, 0.5) is 0 Å². The number of benzene rings is 1. The van der Waals surface area contributed by atoms with Crippen LogP contribution in [0.1, 0.15) is 23.6 Å². The minimum atomic E-state index is 0.570. The molecule has 1 saturated heterocycles. The lowest BCUT2D eigenvalue weighted by Crippen LogP contribution is -2.34. The number of nitrogens with one attached hydrogen (secondary N) is 1. The Morgan fingerprint density at radius 1 is 1.50 bits per heavy atom. The second-order valence-electron chi connectivity index (χ2n) is 3.30. The minimum Gasteiger partial charge on any atom is -0.310 e. The van der Waals surface area contributed by atoms with Gasteiger partial charge < -0.3 is 5.32 Å². The molecule has 1 nitrogen and oxygen atoms in total. The van der Waals surface area contributed by atoms with E-state index in [1.54, 1.807) is 0 Å². The van der Waals surface area contributed by atoms with Gasteiger partial charge in [0.25, 0.3) is 0 Å². The van der Waals surface area contributed by atoms with E-state index in [0.29, 0.717) is 6.04 Å². The van der Waals surface area contributed by atoms with Gasteiger partial charge in [0.1, 0.15) is 0 Å². The molecule has 1 aromatic rings. The Hall–Kier alpha value is -0.530. The molecule has 0 bridgehead atoms. The SMILES string of the molecule is Cc1cc([C@@H]2CCN2)ccc1Cl. The Morgan fingerprint density at radius 2 is 2.25 bits per heavy atom. The van der Waals surface area contributed by atoms with Crippen molar-refractivity contribution >= 4 is 11.6 Å². The van der Waals surface area contributed by atoms with Crippen LogP contribution in [0.15, 0.2) is 18.2 Å². The molecule has 0 aromatic heterocycles. The summed E-state index contributed by atoms with van der Waals surface area (Å²) in [6.45, 7) is 3.19. The summed E-state index contributed by atoms with van der Waals surface area (Å²) in [5, 5.41) is 4.22. The molecular weight excluding hydrogens is 170 g/mol. The summed E-state index contributed by atoms with van der Waals surface area (Å²) in [5.74, 6) is 0. The van der Waals surface area contributed by atoms with Gasteiger partial charge in [-0.3, -0.25) is 0 Å². The van der Waals surface area contributed by atoms with Crippen molar-refractivity contribution < 1.29 is 0 Å². The van der Waals surface area contributed by atoms with Crippen molar-refractivity contribution in [3.63, 3.8) is 0 Å². The van der Waals surface area contributed by atoms with Crippen LogP contribution in [0.3, 0.4) is 0 Å². The van der Waals surface area contributed by atoms with Crippen LogP contribution in [-0.4, -0.2) is 6.54 Å². The van der Waals surface area contributed by atoms with Gasteiger partial charge in [0, 0.05) is 11.1 Å². The Morgan fingerprint density at radius 3 is 2.75 bits per heavy atom. The van der Waals surface area contributed by atoms with E-state index in [4.69, 9.17) is 11.6 Å². The number of halogens is 1. The molecule has 12 heavy (non-hydrogen) atoms. The molecule has 0 amide bonds. The Kier molecular flexibility index (Phi) is 2.07. The summed E-state index contributed by atoms with van der Waals surface area (Å²) < 4.78 is 0. The van der Waals surface area contributed by atoms with Crippen LogP contribution < -0.4 is 5.32 Å². The topological polar surface area (TPSA) is 12.0 Å². The summed E-state index contributed by atoms with van der Waals surface area (Å²) >= 11 is 5.93. The summed E-state index contributed by atoms with van der Waals surface area (Å²) in [6.07, 6.45) is 1.25. The zero-order valence-electron chi connectivity index (χ0n) is 7.10. The molecule has 1 aliphatic rings. The zero-order valence-corrected chi connectivity index (χ0v) is 7.86. The van der Waals surface area contributed by atoms with Gasteiger partial charge >= 0.3 is 0 Å². The van der Waals surface area contributed by atoms with E-state index >= 15 is 0 Å². The largest absolute Gasteiger partial charge is 0.310 e. The fourth-order valence-electron chi connectivity index (χ4n) is 1.46. The Bertz CT molecular complexity index is 292. The van der Waals surface area contributed by atoms with Crippen molar-refractivity contribution in [1.29, 1.82) is 0 Å². The highest BCUT2D eigenvalue weighted by atomic mass is 35.5. The first kappa shape index (κ1) is 8.09. The van der Waals surface area contributed by atoms with E-state index in [-0.39, 0.29) is 0 Å². The highest BCUT2D eigenvalue weighted by Gasteiger charge is 2.18. The zero-order chi connectivity index (χ0) is 8.55. The van der Waals surface area contributed by atoms with Crippen LogP contribution in [0.25, 0.3) is 0 Å². The third-order valence-corrected chi connectivity index (χ3v) is 2.83. The number of hydrogen-bond donors (Lipinski definition) is 1. The average Bonchev–Trinajstić information content (AvgIpc) is 1.93. The summed E-state index contributed by atoms with van der Waals surface area (Å²) in [7, 11) is 0. The van der Waals surface area contributed by atoms with Gasteiger partial charge in [-0.15, -0.1) is 0 Å². The highest BCUT2D eigenvalue weighted by molar-refractivity contribution is 6.31. The molecule has 2 heteroatoms. The Labute approximate surface area is 77.7 Å². The molecule has 1 N–H and O–H groups in total. The van der Waals surface area contributed by atoms with Gasteiger partial charge in [0.05, 0.1) is 0 Å². The maximum absolute atomic E-state index is 5.93. The summed E-state index contributed by atoms with van der Waals surface area (Å²) in [6, 6.07) is 6.82. The van der Waals surface area contributed by atoms with Crippen LogP contribution in [0.5, 0.6) is 0 Å². The van der Waals surface area contributed by atoms with Crippen molar-refractivity contribution in [3.8, 4) is 0 Å². The molecule has 0 aliphatic carbocycles. The smallest absolute Gasteiger partial charge is 0.0435 e. The van der Waals surface area contributed by atoms with Gasteiger partial charge in [-0.05, 0) is 37.1 Å². The minimum absolute atomic E-state index is 0.570. The number of rotatable bonds is 1. The Balaban J connectivity index is 2.27. The molecule has 64 valence electrons. The van der Waals surface area contributed by atoms with E-state index < -0.39 is 0 Å². The molecular formula is C10H12ClN. The quantitative estimate of drug-likeness (QED) is 0.703. The first-order valence-corrected chi connectivity index (χ1v) is 4.64. The van der Waals surface area contributed by atoms with Gasteiger partial charge in [-0.25, -0.2) is 0 Å². The molecule has 1 atom stereocenters. The van der Waals surface area contributed by atoms with Crippen LogP contribution in [0.2, 0.25) is 5.02 Å². The van der Waals surface area contributed by atoms with Gasteiger partial charge in [-0.1, -0.05) is 23.7 Å². The van der Waals surface area contributed by atoms with E-state index in [0.717, 1.165) is 11.6 Å². The lowest BCUT2D eigenvalue weighted by atomic mass is 9.97. The molecule has 0 saturated carbocycles. The van der Waals surface area contributed by atoms with Crippen molar-refractivity contribution in [1.82, 2.24) is 5.32 Å². The molecule has 2 rings (SSSR count). The number of aryl methyl sites for hydroxylation is 1. The first-order valence-electron chi connectivity index (χ1n) is 4.27. The summed E-state index contributed by atoms with van der Waals surface area (Å²) in [4.78, 5) is 0. The van der Waals surface area contributed by atoms with Crippen LogP contribution >= 0.6 is 11.6 Å². The molecule has 1 heterocycles. The normalized spacial score (nSPS) is 22.0. The molecule has 1 aromatic carbocycles. The molecule has 0 radical (unpaired) electrons. The third-order valence-electron chi connectivity index (χ3n) is 2.41. The lowest BCUT2D eigenvalue weighted by Gasteiger charge is -2.28. The van der Waals surface area contributed by atoms with Crippen molar-refractivity contribution in [2.45, 2.75) is 19.4 Å². The van der Waals surface area contributed by atoms with E-state index in [1.807, 2.05) is 13.0 Å². The van der Waals surface area contributed by atoms with E-state index in [9.17, 15) is 0 Å². The highest BCUT2D eigenvalue weighted by Crippen LogP contribution is 2.26. The molecule has 0 spiro atoms. The van der Waals surface area contributed by atoms with Gasteiger partial charge in [0.15, 0.2) is 0 Å². The third kappa shape index (κ3) is 1.35. The molecule has 1 aliphatic heterocycles. The predicted octanol–water partition coefficient (Wildman–Crippen LogP) is 2.68. The maximum Gasteiger partial charge on any atom is 0.0435 e. The molecule has 0 unspecified atom stereocenters. The predicted molar refractivity (Wildman–Crippen MR) is 51.5 cm³/mol. The standard InChI is InChI=1S/C10H12ClN/c1-7-6-8(2-3-9(7)11)10-4-5-12-10/h2-3,6,10,12H,4-5H2,1H3/t10-/m0/s1. The average molecular weight is 182 g/mol. The van der Waals surface area contributed by atoms with Gasteiger partial charge in [0.2, 0.25) is 0 Å². The molecule has 1 fully saturated rings. The van der Waals surface area contributed by atoms with Crippen LogP contribution in [0, 0.1) is 6.92 Å². The van der Waals surface area contributed by atoms with Gasteiger partial charge in [-0.2, -0.15) is 0 Å². The second kappa shape index (κ2) is 3.08. The fourth-order valence-corrected chi connectivity index (χ4v) is 1.58. The monoisotopic (exact) mass is 181 g/mol. The van der Waals surface area contributed by atoms with E-state index in [1.165, 1.54) is 17.5 Å². The second-order valence-corrected chi connectivity index (χ2v) is 3.71. The van der Waals surface area contributed by atoms with Crippen LogP contribution in [-0.2, 0) is 0 Å². The van der Waals surface area contributed by atoms with Crippen molar-refractivity contribution in [2.24, 2.45) is 0 Å². The van der Waals surface area contributed by atoms with Crippen molar-refractivity contribution in [3.05, 3.63) is 34.3 Å². The maximum atomic E-state index is 5.93. The van der Waals surface area contributed by atoms with Crippen molar-refractivity contribution in [2.75, 3.05) is 6.54 Å².